The molecule has 6 rings (SSSR count). The molecule has 2 aliphatic rings. The number of likely N-dealkylation sites (N-methyl/N-ethyl adjacent to an activating group) is 1. The Kier molecular flexibility index (Phi) is 7.33. The number of fused-ring (bicyclic) bond motifs is 1. The third-order valence-electron chi connectivity index (χ3n) is 8.16. The third-order valence-corrected chi connectivity index (χ3v) is 8.80. The molecular weight excluding hydrogens is 564 g/mol. The Morgan fingerprint density at radius 3 is 2.26 bits per heavy atom. The van der Waals surface area contributed by atoms with Crippen LogP contribution in [0, 0.1) is 0 Å². The number of rotatable bonds is 6. The maximum absolute atomic E-state index is 7.14. The van der Waals surface area contributed by atoms with E-state index in [1.807, 2.05) is 72.9 Å². The van der Waals surface area contributed by atoms with Crippen LogP contribution in [0.1, 0.15) is 49.7 Å². The topological polar surface area (TPSA) is 49.9 Å². The standard InChI is InChI=1S/C34H33ClN4O2S/c1-21-20-34(2,3)38(4)30-19-28(35)27(18-26(21)30)32-31(29-8-6-7-17-36-29)37-33(42)39(32)22-9-11-24(12-10-22)41-25-15-13-23(40-5)14-16-25/h6-20,31-32H,1-5H3,(H,37,42)/t31-,32+/m1/s1. The predicted octanol–water partition coefficient (Wildman–Crippen LogP) is 8.34. The van der Waals surface area contributed by atoms with Crippen LogP contribution < -0.4 is 24.6 Å². The van der Waals surface area contributed by atoms with Crippen molar-refractivity contribution in [1.82, 2.24) is 10.3 Å². The smallest absolute Gasteiger partial charge is 0.174 e. The number of thiocarbonyl (C=S) groups is 1. The molecule has 0 aliphatic carbocycles. The Bertz CT molecular complexity index is 1660. The zero-order valence-corrected chi connectivity index (χ0v) is 25.8. The zero-order chi connectivity index (χ0) is 29.6. The van der Waals surface area contributed by atoms with Gasteiger partial charge in [0.1, 0.15) is 17.2 Å². The number of allylic oxidation sites excluding steroid dienone is 1. The van der Waals surface area contributed by atoms with Gasteiger partial charge in [-0.1, -0.05) is 23.7 Å². The molecule has 0 bridgehead atoms. The number of hydrogen-bond acceptors (Lipinski definition) is 5. The van der Waals surface area contributed by atoms with Gasteiger partial charge >= 0.3 is 0 Å². The van der Waals surface area contributed by atoms with E-state index in [1.54, 1.807) is 7.11 Å². The summed E-state index contributed by atoms with van der Waals surface area (Å²) in [5.74, 6) is 2.23. The second-order valence-electron chi connectivity index (χ2n) is 11.2. The van der Waals surface area contributed by atoms with Crippen molar-refractivity contribution in [2.45, 2.75) is 38.4 Å². The molecule has 1 N–H and O–H groups in total. The molecule has 1 fully saturated rings. The molecule has 0 radical (unpaired) electrons. The summed E-state index contributed by atoms with van der Waals surface area (Å²) >= 11 is 13.1. The lowest BCUT2D eigenvalue weighted by molar-refractivity contribution is 0.413. The molecular formula is C34H33ClN4O2S. The van der Waals surface area contributed by atoms with Gasteiger partial charge in [-0.15, -0.1) is 0 Å². The lowest BCUT2D eigenvalue weighted by Gasteiger charge is -2.41. The molecule has 3 aromatic carbocycles. The first-order valence-corrected chi connectivity index (χ1v) is 14.6. The van der Waals surface area contributed by atoms with Gasteiger partial charge in [0, 0.05) is 35.2 Å². The first-order chi connectivity index (χ1) is 20.2. The number of anilines is 2. The minimum absolute atomic E-state index is 0.115. The van der Waals surface area contributed by atoms with Gasteiger partial charge in [0.2, 0.25) is 0 Å². The van der Waals surface area contributed by atoms with Crippen molar-refractivity contribution in [3.05, 3.63) is 113 Å². The minimum atomic E-state index is -0.230. The molecule has 214 valence electrons. The van der Waals surface area contributed by atoms with E-state index in [2.05, 4.69) is 61.1 Å². The number of pyridine rings is 1. The van der Waals surface area contributed by atoms with Crippen molar-refractivity contribution < 1.29 is 9.47 Å². The van der Waals surface area contributed by atoms with E-state index in [0.29, 0.717) is 10.1 Å². The average molecular weight is 597 g/mol. The summed E-state index contributed by atoms with van der Waals surface area (Å²) in [6, 6.07) is 25.3. The molecule has 4 aromatic rings. The number of hydrogen-bond donors (Lipinski definition) is 1. The van der Waals surface area contributed by atoms with Gasteiger partial charge < -0.3 is 24.6 Å². The van der Waals surface area contributed by atoms with Crippen molar-refractivity contribution in [2.75, 3.05) is 24.0 Å². The van der Waals surface area contributed by atoms with E-state index in [4.69, 9.17) is 38.3 Å². The minimum Gasteiger partial charge on any atom is -0.497 e. The number of ether oxygens (including phenoxy) is 2. The lowest BCUT2D eigenvalue weighted by Crippen LogP contribution is -2.42. The maximum Gasteiger partial charge on any atom is 0.174 e. The first kappa shape index (κ1) is 28.1. The van der Waals surface area contributed by atoms with E-state index in [1.165, 1.54) is 5.57 Å². The zero-order valence-electron chi connectivity index (χ0n) is 24.3. The largest absolute Gasteiger partial charge is 0.497 e. The molecule has 6 nitrogen and oxygen atoms in total. The van der Waals surface area contributed by atoms with Crippen molar-refractivity contribution in [1.29, 1.82) is 0 Å². The Balaban J connectivity index is 1.40. The number of nitrogens with one attached hydrogen (secondary N) is 1. The van der Waals surface area contributed by atoms with Crippen molar-refractivity contribution >= 4 is 45.9 Å². The summed E-state index contributed by atoms with van der Waals surface area (Å²) in [5.41, 5.74) is 6.19. The van der Waals surface area contributed by atoms with Crippen LogP contribution in [-0.4, -0.2) is 29.8 Å². The number of methoxy groups -OCH3 is 1. The van der Waals surface area contributed by atoms with E-state index in [0.717, 1.165) is 45.4 Å². The normalized spacial score (nSPS) is 19.2. The van der Waals surface area contributed by atoms with E-state index < -0.39 is 0 Å². The summed E-state index contributed by atoms with van der Waals surface area (Å²) < 4.78 is 11.3. The van der Waals surface area contributed by atoms with Gasteiger partial charge in [0.25, 0.3) is 0 Å². The summed E-state index contributed by atoms with van der Waals surface area (Å²) in [4.78, 5) is 9.10. The number of aromatic nitrogens is 1. The van der Waals surface area contributed by atoms with Crippen LogP contribution in [0.3, 0.4) is 0 Å². The van der Waals surface area contributed by atoms with E-state index >= 15 is 0 Å². The molecule has 1 saturated heterocycles. The maximum atomic E-state index is 7.14. The molecule has 0 amide bonds. The number of benzene rings is 3. The van der Waals surface area contributed by atoms with Crippen LogP contribution in [0.25, 0.3) is 5.57 Å². The summed E-state index contributed by atoms with van der Waals surface area (Å²) in [5, 5.41) is 4.84. The van der Waals surface area contributed by atoms with Gasteiger partial charge in [0.15, 0.2) is 5.11 Å². The Labute approximate surface area is 257 Å². The molecule has 0 unspecified atom stereocenters. The number of nitrogens with zero attached hydrogens (tertiary/aromatic N) is 3. The summed E-state index contributed by atoms with van der Waals surface area (Å²) in [6.45, 7) is 6.58. The Morgan fingerprint density at radius 2 is 1.62 bits per heavy atom. The molecule has 2 aliphatic heterocycles. The van der Waals surface area contributed by atoms with Gasteiger partial charge in [-0.2, -0.15) is 0 Å². The molecule has 42 heavy (non-hydrogen) atoms. The Morgan fingerprint density at radius 1 is 0.952 bits per heavy atom. The number of halogens is 1. The van der Waals surface area contributed by atoms with Crippen LogP contribution in [-0.2, 0) is 0 Å². The molecule has 0 saturated carbocycles. The third kappa shape index (κ3) is 5.08. The fraction of sp³-hybridized carbons (Fsp3) is 0.235. The average Bonchev–Trinajstić information content (AvgIpc) is 3.33. The highest BCUT2D eigenvalue weighted by Gasteiger charge is 2.42. The van der Waals surface area contributed by atoms with Crippen LogP contribution in [0.15, 0.2) is 91.1 Å². The van der Waals surface area contributed by atoms with Crippen LogP contribution >= 0.6 is 23.8 Å². The summed E-state index contributed by atoms with van der Waals surface area (Å²) in [6.07, 6.45) is 4.11. The van der Waals surface area contributed by atoms with Crippen molar-refractivity contribution in [3.8, 4) is 17.2 Å². The van der Waals surface area contributed by atoms with Crippen LogP contribution in [0.4, 0.5) is 11.4 Å². The summed E-state index contributed by atoms with van der Waals surface area (Å²) in [7, 11) is 3.76. The SMILES string of the molecule is COc1ccc(Oc2ccc(N3C(=S)N[C@H](c4ccccn4)[C@@H]3c3cc4c(cc3Cl)N(C)C(C)(C)C=C4C)cc2)cc1. The molecule has 8 heteroatoms. The highest BCUT2D eigenvalue weighted by Crippen LogP contribution is 2.48. The van der Waals surface area contributed by atoms with Gasteiger partial charge in [-0.3, -0.25) is 4.98 Å². The first-order valence-electron chi connectivity index (χ1n) is 13.9. The van der Waals surface area contributed by atoms with Crippen molar-refractivity contribution in [2.24, 2.45) is 0 Å². The predicted molar refractivity (Wildman–Crippen MR) is 175 cm³/mol. The van der Waals surface area contributed by atoms with E-state index in [-0.39, 0.29) is 17.6 Å². The van der Waals surface area contributed by atoms with Gasteiger partial charge in [-0.05, 0) is 117 Å². The van der Waals surface area contributed by atoms with Gasteiger partial charge in [-0.25, -0.2) is 0 Å². The van der Waals surface area contributed by atoms with Crippen molar-refractivity contribution in [3.63, 3.8) is 0 Å². The molecule has 2 atom stereocenters. The fourth-order valence-corrected chi connectivity index (χ4v) is 6.43. The van der Waals surface area contributed by atoms with Crippen LogP contribution in [0.2, 0.25) is 5.02 Å². The fourth-order valence-electron chi connectivity index (χ4n) is 5.82. The molecule has 0 spiro atoms. The van der Waals surface area contributed by atoms with E-state index in [9.17, 15) is 0 Å². The highest BCUT2D eigenvalue weighted by atomic mass is 35.5. The Hall–Kier alpha value is -4.07. The highest BCUT2D eigenvalue weighted by molar-refractivity contribution is 7.80. The van der Waals surface area contributed by atoms with Crippen LogP contribution in [0.5, 0.6) is 17.2 Å². The second kappa shape index (κ2) is 11.0. The lowest BCUT2D eigenvalue weighted by atomic mass is 9.86. The van der Waals surface area contributed by atoms with Gasteiger partial charge in [0.05, 0.1) is 30.4 Å². The molecule has 1 aromatic heterocycles. The molecule has 3 heterocycles. The monoisotopic (exact) mass is 596 g/mol. The quantitative estimate of drug-likeness (QED) is 0.224. The second-order valence-corrected chi connectivity index (χ2v) is 12.0.